The van der Waals surface area contributed by atoms with Crippen molar-refractivity contribution < 1.29 is 58.9 Å². The van der Waals surface area contributed by atoms with Gasteiger partial charge in [0.1, 0.15) is 36.4 Å². The highest BCUT2D eigenvalue weighted by Gasteiger charge is 2.48. The summed E-state index contributed by atoms with van der Waals surface area (Å²) in [6.45, 7) is -1.24. The summed E-state index contributed by atoms with van der Waals surface area (Å²) < 4.78 is 21.7. The minimum absolute atomic E-state index is 0.0322. The highest BCUT2D eigenvalue weighted by molar-refractivity contribution is 6.09. The molecule has 4 rings (SSSR count). The van der Waals surface area contributed by atoms with E-state index in [1.54, 1.807) is 18.2 Å². The van der Waals surface area contributed by atoms with E-state index in [1.165, 1.54) is 36.4 Å². The Labute approximate surface area is 222 Å². The standard InChI is InChI=1S/C27H28O12/c28-13-19-23(39-24(33)15-6-2-1-3-7-15)21(31)22(32)25(38-19)37-18-10-9-17(29)12-16(18)14-36-26(34)27(35)11-5-4-8-20(27)30/h1-3,5-7,9-12,19,21-23,25,28-29,31-32,35H,4,8,13-14H2/t19-,21-,22-,23-,25-,27-/m1/s1. The lowest BCUT2D eigenvalue weighted by atomic mass is 9.90. The first-order valence-corrected chi connectivity index (χ1v) is 12.1. The van der Waals surface area contributed by atoms with Gasteiger partial charge >= 0.3 is 11.9 Å². The molecule has 0 radical (unpaired) electrons. The number of carbonyl (C=O) groups excluding carboxylic acids is 3. The van der Waals surface area contributed by atoms with E-state index in [9.17, 15) is 39.9 Å². The van der Waals surface area contributed by atoms with Crippen LogP contribution in [0.1, 0.15) is 28.8 Å². The van der Waals surface area contributed by atoms with E-state index >= 15 is 0 Å². The average molecular weight is 545 g/mol. The van der Waals surface area contributed by atoms with Crippen LogP contribution in [0.25, 0.3) is 0 Å². The molecule has 0 aromatic heterocycles. The van der Waals surface area contributed by atoms with Crippen molar-refractivity contribution in [2.75, 3.05) is 6.61 Å². The van der Waals surface area contributed by atoms with Crippen LogP contribution in [0.2, 0.25) is 0 Å². The van der Waals surface area contributed by atoms with Crippen molar-refractivity contribution in [3.8, 4) is 11.5 Å². The fourth-order valence-corrected chi connectivity index (χ4v) is 4.17. The Morgan fingerprint density at radius 2 is 1.82 bits per heavy atom. The Balaban J connectivity index is 1.46. The summed E-state index contributed by atoms with van der Waals surface area (Å²) in [6, 6.07) is 11.6. The van der Waals surface area contributed by atoms with Gasteiger partial charge in [-0.05, 0) is 42.8 Å². The van der Waals surface area contributed by atoms with Crippen molar-refractivity contribution in [2.45, 2.75) is 55.8 Å². The molecular weight excluding hydrogens is 516 g/mol. The molecule has 6 atom stereocenters. The molecule has 1 aliphatic carbocycles. The predicted octanol–water partition coefficient (Wildman–Crippen LogP) is 0.129. The minimum Gasteiger partial charge on any atom is -0.508 e. The van der Waals surface area contributed by atoms with Gasteiger partial charge in [-0.3, -0.25) is 4.79 Å². The van der Waals surface area contributed by atoms with Crippen LogP contribution in [-0.2, 0) is 30.4 Å². The SMILES string of the molecule is O=C(O[C@H]1[C@H](O)[C@@H](O)[C@H](Oc2ccc(O)cc2COC(=O)[C@@]2(O)C=CCCC2=O)O[C@@H]1CO)c1ccccc1. The third-order valence-corrected chi connectivity index (χ3v) is 6.35. The van der Waals surface area contributed by atoms with E-state index in [4.69, 9.17) is 18.9 Å². The molecule has 0 unspecified atom stereocenters. The first kappa shape index (κ1) is 28.2. The zero-order valence-electron chi connectivity index (χ0n) is 20.6. The molecule has 2 aliphatic rings. The summed E-state index contributed by atoms with van der Waals surface area (Å²) in [5, 5.41) is 51.5. The molecule has 39 heavy (non-hydrogen) atoms. The molecule has 0 spiro atoms. The fraction of sp³-hybridized carbons (Fsp3) is 0.370. The molecule has 0 bridgehead atoms. The molecule has 1 fully saturated rings. The number of hydrogen-bond donors (Lipinski definition) is 5. The normalized spacial score (nSPS) is 28.5. The zero-order chi connectivity index (χ0) is 28.2. The Morgan fingerprint density at radius 1 is 1.08 bits per heavy atom. The van der Waals surface area contributed by atoms with Crippen LogP contribution < -0.4 is 4.74 Å². The number of ketones is 1. The monoisotopic (exact) mass is 544 g/mol. The maximum absolute atomic E-state index is 12.5. The van der Waals surface area contributed by atoms with Crippen LogP contribution in [0.15, 0.2) is 60.7 Å². The topological polar surface area (TPSA) is 189 Å². The van der Waals surface area contributed by atoms with E-state index in [0.717, 1.165) is 6.08 Å². The van der Waals surface area contributed by atoms with Crippen molar-refractivity contribution in [2.24, 2.45) is 0 Å². The van der Waals surface area contributed by atoms with Crippen molar-refractivity contribution in [3.63, 3.8) is 0 Å². The van der Waals surface area contributed by atoms with E-state index in [1.807, 2.05) is 0 Å². The molecular formula is C27H28O12. The van der Waals surface area contributed by atoms with Crippen LogP contribution in [0, 0.1) is 0 Å². The largest absolute Gasteiger partial charge is 0.508 e. The number of allylic oxidation sites excluding steroid dienone is 1. The number of Topliss-reactive ketones (excluding diaryl/α,β-unsaturated/α-hetero) is 1. The lowest BCUT2D eigenvalue weighted by molar-refractivity contribution is -0.277. The third kappa shape index (κ3) is 6.10. The summed E-state index contributed by atoms with van der Waals surface area (Å²) in [5.74, 6) is -3.01. The predicted molar refractivity (Wildman–Crippen MR) is 130 cm³/mol. The molecule has 1 heterocycles. The van der Waals surface area contributed by atoms with Gasteiger partial charge in [0.25, 0.3) is 0 Å². The molecule has 0 saturated carbocycles. The number of aliphatic hydroxyl groups excluding tert-OH is 3. The van der Waals surface area contributed by atoms with E-state index in [0.29, 0.717) is 6.42 Å². The number of phenolic OH excluding ortho intramolecular Hbond substituents is 1. The summed E-state index contributed by atoms with van der Waals surface area (Å²) in [7, 11) is 0. The number of carbonyl (C=O) groups is 3. The number of phenols is 1. The second-order valence-corrected chi connectivity index (χ2v) is 9.06. The van der Waals surface area contributed by atoms with Gasteiger partial charge in [-0.15, -0.1) is 0 Å². The number of ether oxygens (including phenoxy) is 4. The summed E-state index contributed by atoms with van der Waals surface area (Å²) in [4.78, 5) is 37.0. The average Bonchev–Trinajstić information content (AvgIpc) is 2.94. The van der Waals surface area contributed by atoms with Gasteiger partial charge in [-0.1, -0.05) is 24.3 Å². The minimum atomic E-state index is -2.43. The molecule has 12 heteroatoms. The second kappa shape index (κ2) is 11.9. The molecule has 2 aromatic rings. The fourth-order valence-electron chi connectivity index (χ4n) is 4.17. The van der Waals surface area contributed by atoms with Crippen molar-refractivity contribution in [1.29, 1.82) is 0 Å². The van der Waals surface area contributed by atoms with Gasteiger partial charge in [0.05, 0.1) is 12.2 Å². The number of hydrogen-bond acceptors (Lipinski definition) is 12. The summed E-state index contributed by atoms with van der Waals surface area (Å²) in [6.07, 6.45) is -4.86. The molecule has 1 aliphatic heterocycles. The Morgan fingerprint density at radius 3 is 2.51 bits per heavy atom. The number of benzene rings is 2. The van der Waals surface area contributed by atoms with Gasteiger partial charge in [0.2, 0.25) is 11.9 Å². The smallest absolute Gasteiger partial charge is 0.350 e. The summed E-state index contributed by atoms with van der Waals surface area (Å²) >= 11 is 0. The number of rotatable bonds is 8. The maximum atomic E-state index is 12.5. The molecule has 2 aromatic carbocycles. The Bertz CT molecular complexity index is 1230. The highest BCUT2D eigenvalue weighted by Crippen LogP contribution is 2.31. The lowest BCUT2D eigenvalue weighted by Crippen LogP contribution is -2.61. The van der Waals surface area contributed by atoms with E-state index in [2.05, 4.69) is 0 Å². The molecule has 1 saturated heterocycles. The van der Waals surface area contributed by atoms with Gasteiger partial charge in [-0.2, -0.15) is 0 Å². The summed E-state index contributed by atoms with van der Waals surface area (Å²) in [5.41, 5.74) is -2.17. The third-order valence-electron chi connectivity index (χ3n) is 6.35. The Kier molecular flexibility index (Phi) is 8.63. The number of esters is 2. The van der Waals surface area contributed by atoms with Crippen LogP contribution in [0.5, 0.6) is 11.5 Å². The zero-order valence-corrected chi connectivity index (χ0v) is 20.6. The van der Waals surface area contributed by atoms with Crippen molar-refractivity contribution >= 4 is 17.7 Å². The quantitative estimate of drug-likeness (QED) is 0.172. The number of aliphatic hydroxyl groups is 4. The number of aromatic hydroxyl groups is 1. The van der Waals surface area contributed by atoms with Crippen LogP contribution in [-0.4, -0.2) is 86.2 Å². The van der Waals surface area contributed by atoms with Crippen LogP contribution in [0.4, 0.5) is 0 Å². The van der Waals surface area contributed by atoms with Gasteiger partial charge in [0, 0.05) is 12.0 Å². The molecule has 5 N–H and O–H groups in total. The molecule has 0 amide bonds. The van der Waals surface area contributed by atoms with Gasteiger partial charge < -0.3 is 44.5 Å². The van der Waals surface area contributed by atoms with Gasteiger partial charge in [0.15, 0.2) is 11.9 Å². The van der Waals surface area contributed by atoms with Crippen molar-refractivity contribution in [3.05, 3.63) is 71.8 Å². The van der Waals surface area contributed by atoms with E-state index in [-0.39, 0.29) is 29.0 Å². The Hall–Kier alpha value is -3.81. The first-order valence-electron chi connectivity index (χ1n) is 12.1. The molecule has 12 nitrogen and oxygen atoms in total. The highest BCUT2D eigenvalue weighted by atomic mass is 16.7. The van der Waals surface area contributed by atoms with Crippen LogP contribution in [0.3, 0.4) is 0 Å². The van der Waals surface area contributed by atoms with Crippen LogP contribution >= 0.6 is 0 Å². The maximum Gasteiger partial charge on any atom is 0.350 e. The van der Waals surface area contributed by atoms with Crippen molar-refractivity contribution in [1.82, 2.24) is 0 Å². The lowest BCUT2D eigenvalue weighted by Gasteiger charge is -2.41. The van der Waals surface area contributed by atoms with E-state index < -0.39 is 67.2 Å². The second-order valence-electron chi connectivity index (χ2n) is 9.06. The first-order chi connectivity index (χ1) is 18.6. The molecule has 208 valence electrons. The van der Waals surface area contributed by atoms with Gasteiger partial charge in [-0.25, -0.2) is 9.59 Å².